The van der Waals surface area contributed by atoms with Crippen LogP contribution < -0.4 is 4.90 Å². The van der Waals surface area contributed by atoms with Crippen LogP contribution in [-0.2, 0) is 4.79 Å². The van der Waals surface area contributed by atoms with Crippen LogP contribution in [0, 0.1) is 12.3 Å². The van der Waals surface area contributed by atoms with E-state index >= 15 is 0 Å². The van der Waals surface area contributed by atoms with Crippen molar-refractivity contribution in [2.45, 2.75) is 19.8 Å². The molecule has 0 saturated carbocycles. The third kappa shape index (κ3) is 3.90. The van der Waals surface area contributed by atoms with Gasteiger partial charge in [-0.1, -0.05) is 18.2 Å². The molecular weight excluding hydrogens is 354 g/mol. The van der Waals surface area contributed by atoms with Crippen LogP contribution >= 0.6 is 11.3 Å². The summed E-state index contributed by atoms with van der Waals surface area (Å²) in [6.45, 7) is 7.03. The van der Waals surface area contributed by atoms with E-state index in [1.165, 1.54) is 20.7 Å². The van der Waals surface area contributed by atoms with Crippen molar-refractivity contribution in [1.29, 1.82) is 0 Å². The number of benzene rings is 1. The average molecular weight is 384 g/mol. The number of aryl methyl sites for hydroxylation is 1. The minimum atomic E-state index is 0.169. The highest BCUT2D eigenvalue weighted by molar-refractivity contribution is 7.22. The van der Waals surface area contributed by atoms with Crippen LogP contribution in [0.3, 0.4) is 0 Å². The summed E-state index contributed by atoms with van der Waals surface area (Å²) in [5, 5.41) is 2.75. The molecule has 1 spiro atoms. The number of rotatable bonds is 4. The van der Waals surface area contributed by atoms with Crippen molar-refractivity contribution >= 4 is 32.3 Å². The van der Waals surface area contributed by atoms with Crippen LogP contribution in [0.25, 0.3) is 10.1 Å². The lowest BCUT2D eigenvalue weighted by molar-refractivity contribution is -0.128. The fourth-order valence-corrected chi connectivity index (χ4v) is 5.35. The van der Waals surface area contributed by atoms with Crippen LogP contribution in [0.1, 0.15) is 18.4 Å². The smallest absolute Gasteiger partial charge is 0.246 e. The van der Waals surface area contributed by atoms with E-state index in [0.29, 0.717) is 5.41 Å². The second kappa shape index (κ2) is 7.28. The first-order valence-corrected chi connectivity index (χ1v) is 10.6. The number of fused-ring (bicyclic) bond motifs is 1. The van der Waals surface area contributed by atoms with Gasteiger partial charge in [0, 0.05) is 48.9 Å². The molecule has 0 atom stereocenters. The molecule has 1 aromatic heterocycles. The molecule has 3 heterocycles. The molecular formula is C22H29N3OS. The Labute approximate surface area is 166 Å². The maximum Gasteiger partial charge on any atom is 0.246 e. The van der Waals surface area contributed by atoms with E-state index in [-0.39, 0.29) is 5.91 Å². The number of thiophene rings is 1. The Kier molecular flexibility index (Phi) is 4.99. The number of likely N-dealkylation sites (N-methyl/N-ethyl adjacent to an activating group) is 1. The van der Waals surface area contributed by atoms with Crippen molar-refractivity contribution in [1.82, 2.24) is 9.80 Å². The number of nitrogens with zero attached hydrogens (tertiary/aromatic N) is 3. The zero-order chi connectivity index (χ0) is 19.0. The summed E-state index contributed by atoms with van der Waals surface area (Å²) in [5.74, 6) is 0.169. The number of amides is 1. The highest BCUT2D eigenvalue weighted by atomic mass is 32.1. The van der Waals surface area contributed by atoms with Gasteiger partial charge in [0.2, 0.25) is 5.91 Å². The molecule has 2 saturated heterocycles. The molecule has 4 nitrogen and oxygen atoms in total. The number of carbonyl (C=O) groups excluding carboxylic acids is 1. The van der Waals surface area contributed by atoms with Crippen molar-refractivity contribution in [2.75, 3.05) is 51.7 Å². The zero-order valence-corrected chi connectivity index (χ0v) is 17.4. The van der Waals surface area contributed by atoms with Crippen molar-refractivity contribution in [2.24, 2.45) is 5.41 Å². The van der Waals surface area contributed by atoms with Crippen LogP contribution in [0.5, 0.6) is 0 Å². The molecule has 0 radical (unpaired) electrons. The van der Waals surface area contributed by atoms with Gasteiger partial charge >= 0.3 is 0 Å². The summed E-state index contributed by atoms with van der Waals surface area (Å²) < 4.78 is 1.39. The minimum Gasteiger partial charge on any atom is -0.362 e. The Morgan fingerprint density at radius 3 is 2.67 bits per heavy atom. The molecule has 5 heteroatoms. The Balaban J connectivity index is 1.31. The fraction of sp³-hybridized carbons (Fsp3) is 0.500. The summed E-state index contributed by atoms with van der Waals surface area (Å²) in [6, 6.07) is 9.04. The first-order valence-electron chi connectivity index (χ1n) is 9.80. The maximum absolute atomic E-state index is 12.3. The topological polar surface area (TPSA) is 26.8 Å². The molecule has 2 aliphatic rings. The van der Waals surface area contributed by atoms with Crippen molar-refractivity contribution in [3.8, 4) is 0 Å². The second-order valence-electron chi connectivity index (χ2n) is 8.47. The number of hydrogen-bond acceptors (Lipinski definition) is 4. The first-order chi connectivity index (χ1) is 12.9. The molecule has 1 amide bonds. The largest absolute Gasteiger partial charge is 0.362 e. The number of anilines is 1. The van der Waals surface area contributed by atoms with Crippen LogP contribution in [0.15, 0.2) is 36.4 Å². The number of piperidine rings is 1. The van der Waals surface area contributed by atoms with Crippen molar-refractivity contribution < 1.29 is 4.79 Å². The van der Waals surface area contributed by atoms with E-state index in [1.807, 2.05) is 36.4 Å². The molecule has 0 unspecified atom stereocenters. The van der Waals surface area contributed by atoms with Crippen LogP contribution in [-0.4, -0.2) is 62.5 Å². The Morgan fingerprint density at radius 2 is 1.96 bits per heavy atom. The van der Waals surface area contributed by atoms with Gasteiger partial charge in [0.05, 0.1) is 5.00 Å². The number of hydrogen-bond donors (Lipinski definition) is 0. The lowest BCUT2D eigenvalue weighted by atomic mass is 9.72. The SMILES string of the molecule is Cc1ccc2cc(N3CC4(CCN(C(=O)/C=C/CN(C)C)CC4)C3)sc2c1. The van der Waals surface area contributed by atoms with E-state index in [4.69, 9.17) is 0 Å². The lowest BCUT2D eigenvalue weighted by Gasteiger charge is -2.54. The van der Waals surface area contributed by atoms with Gasteiger partial charge in [-0.05, 0) is 56.9 Å². The van der Waals surface area contributed by atoms with Crippen molar-refractivity contribution in [3.63, 3.8) is 0 Å². The monoisotopic (exact) mass is 383 g/mol. The van der Waals surface area contributed by atoms with Gasteiger partial charge in [-0.3, -0.25) is 4.79 Å². The highest BCUT2D eigenvalue weighted by Gasteiger charge is 2.45. The quantitative estimate of drug-likeness (QED) is 0.752. The first kappa shape index (κ1) is 18.5. The van der Waals surface area contributed by atoms with Gasteiger partial charge in [0.1, 0.15) is 0 Å². The van der Waals surface area contributed by atoms with Crippen molar-refractivity contribution in [3.05, 3.63) is 42.0 Å². The molecule has 2 aliphatic heterocycles. The average Bonchev–Trinajstić information content (AvgIpc) is 3.02. The lowest BCUT2D eigenvalue weighted by Crippen LogP contribution is -2.60. The summed E-state index contributed by atoms with van der Waals surface area (Å²) in [6.07, 6.45) is 5.95. The Bertz CT molecular complexity index is 854. The third-order valence-electron chi connectivity index (χ3n) is 5.89. The van der Waals surface area contributed by atoms with Gasteiger partial charge < -0.3 is 14.7 Å². The van der Waals surface area contributed by atoms with Gasteiger partial charge in [0.25, 0.3) is 0 Å². The molecule has 4 rings (SSSR count). The maximum atomic E-state index is 12.3. The molecule has 0 bridgehead atoms. The number of likely N-dealkylation sites (tertiary alicyclic amines) is 1. The number of carbonyl (C=O) groups is 1. The standard InChI is InChI=1S/C22H29N3OS/c1-17-6-7-18-14-21(27-19(18)13-17)25-15-22(16-25)8-11-24(12-9-22)20(26)5-4-10-23(2)3/h4-7,13-14H,8-12,15-16H2,1-3H3/b5-4+. The van der Waals surface area contributed by atoms with Gasteiger partial charge in [-0.15, -0.1) is 11.3 Å². The Morgan fingerprint density at radius 1 is 1.22 bits per heavy atom. The third-order valence-corrected chi connectivity index (χ3v) is 7.05. The summed E-state index contributed by atoms with van der Waals surface area (Å²) >= 11 is 1.91. The predicted molar refractivity (Wildman–Crippen MR) is 115 cm³/mol. The molecule has 27 heavy (non-hydrogen) atoms. The summed E-state index contributed by atoms with van der Waals surface area (Å²) in [7, 11) is 4.03. The van der Waals surface area contributed by atoms with E-state index in [2.05, 4.69) is 41.0 Å². The Hall–Kier alpha value is -1.85. The van der Waals surface area contributed by atoms with E-state index in [0.717, 1.165) is 45.6 Å². The zero-order valence-electron chi connectivity index (χ0n) is 16.6. The minimum absolute atomic E-state index is 0.169. The van der Waals surface area contributed by atoms with Gasteiger partial charge in [0.15, 0.2) is 0 Å². The van der Waals surface area contributed by atoms with Gasteiger partial charge in [-0.25, -0.2) is 0 Å². The van der Waals surface area contributed by atoms with E-state index in [9.17, 15) is 4.79 Å². The van der Waals surface area contributed by atoms with Crippen LogP contribution in [0.4, 0.5) is 5.00 Å². The summed E-state index contributed by atoms with van der Waals surface area (Å²) in [4.78, 5) is 18.9. The normalized spacial score (nSPS) is 19.4. The molecule has 0 N–H and O–H groups in total. The van der Waals surface area contributed by atoms with E-state index < -0.39 is 0 Å². The molecule has 2 fully saturated rings. The predicted octanol–water partition coefficient (Wildman–Crippen LogP) is 3.76. The second-order valence-corrected chi connectivity index (χ2v) is 9.53. The highest BCUT2D eigenvalue weighted by Crippen LogP contribution is 2.45. The molecule has 144 valence electrons. The molecule has 1 aromatic carbocycles. The summed E-state index contributed by atoms with van der Waals surface area (Å²) in [5.41, 5.74) is 1.74. The van der Waals surface area contributed by atoms with Crippen LogP contribution in [0.2, 0.25) is 0 Å². The van der Waals surface area contributed by atoms with Gasteiger partial charge in [-0.2, -0.15) is 0 Å². The fourth-order valence-electron chi connectivity index (χ4n) is 4.19. The molecule has 2 aromatic rings. The van der Waals surface area contributed by atoms with E-state index in [1.54, 1.807) is 6.08 Å². The molecule has 0 aliphatic carbocycles.